The highest BCUT2D eigenvalue weighted by atomic mass is 32.2. The van der Waals surface area contributed by atoms with Crippen LogP contribution in [0.2, 0.25) is 0 Å². The van der Waals surface area contributed by atoms with Gasteiger partial charge in [0.1, 0.15) is 11.9 Å². The fourth-order valence-electron chi connectivity index (χ4n) is 2.98. The largest absolute Gasteiger partial charge is 0.289 e. The lowest BCUT2D eigenvalue weighted by Crippen LogP contribution is -2.51. The summed E-state index contributed by atoms with van der Waals surface area (Å²) < 4.78 is 40.0. The molecule has 1 aliphatic heterocycles. The summed E-state index contributed by atoms with van der Waals surface area (Å²) in [5.74, 6) is -1.04. The van der Waals surface area contributed by atoms with E-state index in [0.29, 0.717) is 12.8 Å². The second-order valence-electron chi connectivity index (χ2n) is 6.13. The lowest BCUT2D eigenvalue weighted by atomic mass is 10.0. The van der Waals surface area contributed by atoms with Gasteiger partial charge in [0.15, 0.2) is 0 Å². The number of hydroxylamine groups is 1. The highest BCUT2D eigenvalue weighted by molar-refractivity contribution is 7.99. The zero-order valence-electron chi connectivity index (χ0n) is 14.3. The number of benzene rings is 2. The molecule has 2 aromatic rings. The van der Waals surface area contributed by atoms with Crippen molar-refractivity contribution in [3.63, 3.8) is 0 Å². The molecule has 0 spiro atoms. The first kappa shape index (κ1) is 19.8. The molecule has 1 aliphatic rings. The Kier molecular flexibility index (Phi) is 6.15. The Bertz CT molecular complexity index is 902. The molecule has 1 unspecified atom stereocenters. The first-order valence-electron chi connectivity index (χ1n) is 8.41. The van der Waals surface area contributed by atoms with Crippen LogP contribution in [-0.4, -0.2) is 36.4 Å². The van der Waals surface area contributed by atoms with Gasteiger partial charge in [0, 0.05) is 16.3 Å². The first-order chi connectivity index (χ1) is 12.9. The molecule has 6 nitrogen and oxygen atoms in total. The summed E-state index contributed by atoms with van der Waals surface area (Å²) in [6, 6.07) is 11.4. The summed E-state index contributed by atoms with van der Waals surface area (Å²) in [6.07, 6.45) is 1.74. The normalized spacial score (nSPS) is 18.2. The van der Waals surface area contributed by atoms with Gasteiger partial charge in [-0.2, -0.15) is 4.31 Å². The van der Waals surface area contributed by atoms with Crippen LogP contribution in [0.1, 0.15) is 19.3 Å². The minimum atomic E-state index is -3.86. The van der Waals surface area contributed by atoms with E-state index in [1.165, 1.54) is 36.0 Å². The van der Waals surface area contributed by atoms with Crippen LogP contribution in [0, 0.1) is 5.82 Å². The smallest absolute Gasteiger partial charge is 0.261 e. The van der Waals surface area contributed by atoms with E-state index in [-0.39, 0.29) is 17.3 Å². The number of carbonyl (C=O) groups is 1. The molecule has 3 rings (SSSR count). The van der Waals surface area contributed by atoms with Crippen LogP contribution in [-0.2, 0) is 14.8 Å². The molecular weight excluding hydrogens is 391 g/mol. The molecule has 0 aliphatic carbocycles. The summed E-state index contributed by atoms with van der Waals surface area (Å²) in [5, 5.41) is 8.89. The van der Waals surface area contributed by atoms with Crippen LogP contribution in [0.5, 0.6) is 0 Å². The summed E-state index contributed by atoms with van der Waals surface area (Å²) >= 11 is 1.39. The number of nitrogens with one attached hydrogen (secondary N) is 1. The van der Waals surface area contributed by atoms with Crippen molar-refractivity contribution in [2.75, 3.05) is 6.54 Å². The summed E-state index contributed by atoms with van der Waals surface area (Å²) in [5.41, 5.74) is 1.55. The van der Waals surface area contributed by atoms with Crippen LogP contribution in [0.4, 0.5) is 4.39 Å². The molecule has 0 radical (unpaired) electrons. The van der Waals surface area contributed by atoms with Crippen LogP contribution in [0.15, 0.2) is 63.2 Å². The van der Waals surface area contributed by atoms with Crippen LogP contribution in [0.25, 0.3) is 0 Å². The number of amides is 1. The van der Waals surface area contributed by atoms with Crippen molar-refractivity contribution in [2.24, 2.45) is 0 Å². The van der Waals surface area contributed by atoms with Crippen molar-refractivity contribution in [1.82, 2.24) is 9.79 Å². The predicted octanol–water partition coefficient (Wildman–Crippen LogP) is 3.03. The molecule has 2 N–H and O–H groups in total. The van der Waals surface area contributed by atoms with Gasteiger partial charge in [-0.15, -0.1) is 0 Å². The van der Waals surface area contributed by atoms with Gasteiger partial charge in [0.25, 0.3) is 5.91 Å². The van der Waals surface area contributed by atoms with Crippen molar-refractivity contribution in [3.05, 3.63) is 54.3 Å². The monoisotopic (exact) mass is 410 g/mol. The highest BCUT2D eigenvalue weighted by Gasteiger charge is 2.37. The third-order valence-electron chi connectivity index (χ3n) is 4.35. The first-order valence-corrected chi connectivity index (χ1v) is 10.7. The third kappa shape index (κ3) is 4.49. The van der Waals surface area contributed by atoms with E-state index in [4.69, 9.17) is 5.21 Å². The number of hydrogen-bond acceptors (Lipinski definition) is 5. The molecule has 1 fully saturated rings. The van der Waals surface area contributed by atoms with E-state index >= 15 is 0 Å². The minimum Gasteiger partial charge on any atom is -0.289 e. The van der Waals surface area contributed by atoms with Crippen LogP contribution >= 0.6 is 11.8 Å². The second-order valence-corrected chi connectivity index (χ2v) is 9.17. The van der Waals surface area contributed by atoms with E-state index in [1.54, 1.807) is 29.7 Å². The zero-order chi connectivity index (χ0) is 19.4. The fraction of sp³-hybridized carbons (Fsp3) is 0.278. The van der Waals surface area contributed by atoms with Crippen LogP contribution in [0.3, 0.4) is 0 Å². The standard InChI is InChI=1S/C18H19FN2O4S2/c19-13-4-6-14(7-5-13)26-15-8-10-16(11-9-15)27(24,25)21-12-2-1-3-17(21)18(22)20-23/h4-11,17,23H,1-3,12H2,(H,20,22). The van der Waals surface area contributed by atoms with E-state index in [0.717, 1.165) is 20.5 Å². The molecule has 27 heavy (non-hydrogen) atoms. The second kappa shape index (κ2) is 8.39. The Hall–Kier alpha value is -1.94. The molecule has 0 aromatic heterocycles. The lowest BCUT2D eigenvalue weighted by Gasteiger charge is -2.33. The number of piperidine rings is 1. The maximum atomic E-state index is 13.0. The summed E-state index contributed by atoms with van der Waals surface area (Å²) in [4.78, 5) is 13.6. The minimum absolute atomic E-state index is 0.0867. The number of rotatable bonds is 5. The molecule has 1 saturated heterocycles. The van der Waals surface area contributed by atoms with Gasteiger partial charge in [0.05, 0.1) is 4.90 Å². The van der Waals surface area contributed by atoms with Crippen molar-refractivity contribution in [3.8, 4) is 0 Å². The Balaban J connectivity index is 1.80. The van der Waals surface area contributed by atoms with Crippen LogP contribution < -0.4 is 5.48 Å². The number of carbonyl (C=O) groups excluding carboxylic acids is 1. The molecule has 9 heteroatoms. The molecule has 2 aromatic carbocycles. The molecule has 1 amide bonds. The van der Waals surface area contributed by atoms with Gasteiger partial charge in [-0.3, -0.25) is 10.0 Å². The Morgan fingerprint density at radius 1 is 1.07 bits per heavy atom. The number of sulfonamides is 1. The maximum Gasteiger partial charge on any atom is 0.261 e. The van der Waals surface area contributed by atoms with Crippen molar-refractivity contribution in [1.29, 1.82) is 0 Å². The average molecular weight is 410 g/mol. The SMILES string of the molecule is O=C(NO)C1CCCCN1S(=O)(=O)c1ccc(Sc2ccc(F)cc2)cc1. The predicted molar refractivity (Wildman–Crippen MR) is 98.4 cm³/mol. The fourth-order valence-corrected chi connectivity index (χ4v) is 5.46. The molecule has 1 atom stereocenters. The number of hydrogen-bond donors (Lipinski definition) is 2. The molecular formula is C18H19FN2O4S2. The van der Waals surface area contributed by atoms with Gasteiger partial charge in [-0.25, -0.2) is 18.3 Å². The van der Waals surface area contributed by atoms with Crippen molar-refractivity contribution >= 4 is 27.7 Å². The molecule has 144 valence electrons. The van der Waals surface area contributed by atoms with Crippen molar-refractivity contribution in [2.45, 2.75) is 40.0 Å². The van der Waals surface area contributed by atoms with Crippen molar-refractivity contribution < 1.29 is 22.8 Å². The van der Waals surface area contributed by atoms with Gasteiger partial charge < -0.3 is 0 Å². The third-order valence-corrected chi connectivity index (χ3v) is 7.28. The van der Waals surface area contributed by atoms with Gasteiger partial charge in [0.2, 0.25) is 10.0 Å². The quantitative estimate of drug-likeness (QED) is 0.585. The topological polar surface area (TPSA) is 86.7 Å². The Morgan fingerprint density at radius 2 is 1.67 bits per heavy atom. The molecule has 1 heterocycles. The lowest BCUT2D eigenvalue weighted by molar-refractivity contribution is -0.134. The maximum absolute atomic E-state index is 13.0. The summed E-state index contributed by atoms with van der Waals surface area (Å²) in [7, 11) is -3.86. The van der Waals surface area contributed by atoms with E-state index < -0.39 is 22.0 Å². The summed E-state index contributed by atoms with van der Waals surface area (Å²) in [6.45, 7) is 0.229. The zero-order valence-corrected chi connectivity index (χ0v) is 16.0. The molecule has 0 saturated carbocycles. The van der Waals surface area contributed by atoms with E-state index in [9.17, 15) is 17.6 Å². The van der Waals surface area contributed by atoms with Gasteiger partial charge >= 0.3 is 0 Å². The van der Waals surface area contributed by atoms with E-state index in [1.807, 2.05) is 0 Å². The molecule has 0 bridgehead atoms. The van der Waals surface area contributed by atoms with E-state index in [2.05, 4.69) is 0 Å². The highest BCUT2D eigenvalue weighted by Crippen LogP contribution is 2.30. The van der Waals surface area contributed by atoms with Gasteiger partial charge in [-0.05, 0) is 61.4 Å². The van der Waals surface area contributed by atoms with Gasteiger partial charge in [-0.1, -0.05) is 18.2 Å². The Morgan fingerprint density at radius 3 is 2.26 bits per heavy atom. The number of halogens is 1. The Labute approximate surface area is 161 Å². The number of nitrogens with zero attached hydrogens (tertiary/aromatic N) is 1. The average Bonchev–Trinajstić information content (AvgIpc) is 2.69.